The zero-order valence-electron chi connectivity index (χ0n) is 23.6. The lowest BCUT2D eigenvalue weighted by atomic mass is 9.90. The number of nitrogens with zero attached hydrogens (tertiary/aromatic N) is 3. The minimum Gasteiger partial charge on any atom is -0.441 e. The standard InChI is InChI=1S/C31H39F2N3O4S/c1-22-10-11-26(21-27(22)33)41(38,39)36-28(23-6-4-7-24(32)20-23)8-5-9-29(36)31(14-15-31)40-30(37)35-18-12-25(13-19-35)34-16-2-3-17-34/h4,6-7,10-11,20-21,25,28-29H,2-3,5,8-9,12-19H2,1H3/t28-,29+/m0/s1. The van der Waals surface area contributed by atoms with E-state index in [0.29, 0.717) is 62.4 Å². The summed E-state index contributed by atoms with van der Waals surface area (Å²) in [7, 11) is -4.22. The summed E-state index contributed by atoms with van der Waals surface area (Å²) in [4.78, 5) is 17.6. The molecule has 0 radical (unpaired) electrons. The number of aryl methyl sites for hydroxylation is 1. The molecule has 3 heterocycles. The number of carbonyl (C=O) groups is 1. The first-order valence-electron chi connectivity index (χ1n) is 15.0. The monoisotopic (exact) mass is 587 g/mol. The van der Waals surface area contributed by atoms with E-state index in [1.807, 2.05) is 0 Å². The molecule has 6 rings (SSSR count). The quantitative estimate of drug-likeness (QED) is 0.428. The topological polar surface area (TPSA) is 70.2 Å². The Kier molecular flexibility index (Phi) is 7.84. The fourth-order valence-corrected chi connectivity index (χ4v) is 9.01. The van der Waals surface area contributed by atoms with Crippen molar-refractivity contribution in [1.29, 1.82) is 0 Å². The third kappa shape index (κ3) is 5.62. The van der Waals surface area contributed by atoms with Crippen molar-refractivity contribution >= 4 is 16.1 Å². The van der Waals surface area contributed by atoms with E-state index in [9.17, 15) is 22.0 Å². The van der Waals surface area contributed by atoms with Gasteiger partial charge in [0.1, 0.15) is 17.2 Å². The average molecular weight is 588 g/mol. The molecule has 4 aliphatic rings. The van der Waals surface area contributed by atoms with Gasteiger partial charge < -0.3 is 14.5 Å². The van der Waals surface area contributed by atoms with Crippen LogP contribution < -0.4 is 0 Å². The van der Waals surface area contributed by atoms with Gasteiger partial charge in [-0.3, -0.25) is 0 Å². The Morgan fingerprint density at radius 3 is 2.32 bits per heavy atom. The first kappa shape index (κ1) is 28.6. The molecule has 2 atom stereocenters. The Hall–Kier alpha value is -2.56. The van der Waals surface area contributed by atoms with E-state index in [0.717, 1.165) is 32.0 Å². The molecule has 222 valence electrons. The molecule has 2 aromatic rings. The second-order valence-electron chi connectivity index (χ2n) is 12.2. The molecule has 0 bridgehead atoms. The fourth-order valence-electron chi connectivity index (χ4n) is 7.07. The van der Waals surface area contributed by atoms with Gasteiger partial charge in [0.25, 0.3) is 0 Å². The Morgan fingerprint density at radius 1 is 0.927 bits per heavy atom. The number of piperidine rings is 2. The highest BCUT2D eigenvalue weighted by atomic mass is 32.2. The third-order valence-electron chi connectivity index (χ3n) is 9.54. The molecule has 7 nitrogen and oxygen atoms in total. The first-order valence-corrected chi connectivity index (χ1v) is 16.4. The number of halogens is 2. The second kappa shape index (κ2) is 11.3. The molecule has 0 spiro atoms. The highest BCUT2D eigenvalue weighted by Crippen LogP contribution is 2.52. The van der Waals surface area contributed by atoms with Crippen LogP contribution in [0.25, 0.3) is 0 Å². The minimum atomic E-state index is -4.22. The van der Waals surface area contributed by atoms with Gasteiger partial charge in [-0.15, -0.1) is 0 Å². The van der Waals surface area contributed by atoms with Crippen LogP contribution in [0.1, 0.15) is 75.0 Å². The number of carbonyl (C=O) groups excluding carboxylic acids is 1. The number of hydrogen-bond acceptors (Lipinski definition) is 5. The van der Waals surface area contributed by atoms with Gasteiger partial charge in [-0.05, 0) is 113 Å². The van der Waals surface area contributed by atoms with Crippen LogP contribution in [0.4, 0.5) is 13.6 Å². The van der Waals surface area contributed by atoms with Crippen LogP contribution in [-0.2, 0) is 14.8 Å². The second-order valence-corrected chi connectivity index (χ2v) is 14.0. The summed E-state index contributed by atoms with van der Waals surface area (Å²) in [6.07, 6.45) is 6.68. The van der Waals surface area contributed by atoms with Crippen molar-refractivity contribution in [2.24, 2.45) is 0 Å². The minimum absolute atomic E-state index is 0.153. The number of rotatable bonds is 6. The van der Waals surface area contributed by atoms with Crippen molar-refractivity contribution in [3.8, 4) is 0 Å². The van der Waals surface area contributed by atoms with E-state index >= 15 is 0 Å². The molecular weight excluding hydrogens is 548 g/mol. The molecule has 41 heavy (non-hydrogen) atoms. The van der Waals surface area contributed by atoms with Gasteiger partial charge in [0.05, 0.1) is 17.0 Å². The summed E-state index contributed by atoms with van der Waals surface area (Å²) in [6.45, 7) is 5.08. The largest absolute Gasteiger partial charge is 0.441 e. The maximum atomic E-state index is 14.6. The number of likely N-dealkylation sites (tertiary alicyclic amines) is 2. The maximum absolute atomic E-state index is 14.6. The number of sulfonamides is 1. The predicted molar refractivity (Wildman–Crippen MR) is 151 cm³/mol. The van der Waals surface area contributed by atoms with Crippen molar-refractivity contribution in [3.05, 3.63) is 65.2 Å². The van der Waals surface area contributed by atoms with Gasteiger partial charge in [-0.1, -0.05) is 18.2 Å². The summed E-state index contributed by atoms with van der Waals surface area (Å²) in [5.74, 6) is -1.06. The molecule has 10 heteroatoms. The van der Waals surface area contributed by atoms with Crippen LogP contribution in [0, 0.1) is 18.6 Å². The Balaban J connectivity index is 1.27. The molecule has 0 aromatic heterocycles. The van der Waals surface area contributed by atoms with E-state index in [2.05, 4.69) is 4.90 Å². The van der Waals surface area contributed by atoms with Gasteiger partial charge in [0, 0.05) is 19.1 Å². The molecule has 1 saturated carbocycles. The fraction of sp³-hybridized carbons (Fsp3) is 0.581. The van der Waals surface area contributed by atoms with Crippen molar-refractivity contribution in [1.82, 2.24) is 14.1 Å². The Bertz CT molecular complexity index is 1390. The van der Waals surface area contributed by atoms with Crippen molar-refractivity contribution < 1.29 is 26.7 Å². The molecule has 4 fully saturated rings. The van der Waals surface area contributed by atoms with Gasteiger partial charge in [-0.25, -0.2) is 22.0 Å². The van der Waals surface area contributed by atoms with Gasteiger partial charge in [0.15, 0.2) is 0 Å². The summed E-state index contributed by atoms with van der Waals surface area (Å²) in [6, 6.07) is 9.11. The lowest BCUT2D eigenvalue weighted by Gasteiger charge is -2.45. The number of benzene rings is 2. The van der Waals surface area contributed by atoms with E-state index in [4.69, 9.17) is 4.74 Å². The first-order chi connectivity index (χ1) is 19.7. The van der Waals surface area contributed by atoms with E-state index in [1.165, 1.54) is 41.4 Å². The van der Waals surface area contributed by atoms with E-state index in [1.54, 1.807) is 24.0 Å². The number of amides is 1. The zero-order valence-corrected chi connectivity index (χ0v) is 24.4. The molecule has 3 saturated heterocycles. The average Bonchev–Trinajstić information content (AvgIpc) is 3.53. The predicted octanol–water partition coefficient (Wildman–Crippen LogP) is 5.79. The maximum Gasteiger partial charge on any atom is 0.410 e. The number of ether oxygens (including phenoxy) is 1. The lowest BCUT2D eigenvalue weighted by molar-refractivity contribution is -0.0134. The van der Waals surface area contributed by atoms with Gasteiger partial charge >= 0.3 is 6.09 Å². The van der Waals surface area contributed by atoms with Crippen molar-refractivity contribution in [2.45, 2.75) is 93.3 Å². The highest BCUT2D eigenvalue weighted by Gasteiger charge is 2.60. The lowest BCUT2D eigenvalue weighted by Crippen LogP contribution is -2.55. The van der Waals surface area contributed by atoms with Crippen LogP contribution in [0.3, 0.4) is 0 Å². The van der Waals surface area contributed by atoms with Crippen LogP contribution in [0.15, 0.2) is 47.4 Å². The van der Waals surface area contributed by atoms with E-state index < -0.39 is 45.4 Å². The summed E-state index contributed by atoms with van der Waals surface area (Å²) < 4.78 is 65.1. The summed E-state index contributed by atoms with van der Waals surface area (Å²) in [5.41, 5.74) is -0.0653. The van der Waals surface area contributed by atoms with Crippen LogP contribution in [0.2, 0.25) is 0 Å². The van der Waals surface area contributed by atoms with Crippen molar-refractivity contribution in [3.63, 3.8) is 0 Å². The molecular formula is C31H39F2N3O4S. The number of hydrogen-bond donors (Lipinski definition) is 0. The van der Waals surface area contributed by atoms with E-state index in [-0.39, 0.29) is 4.90 Å². The normalized spacial score (nSPS) is 25.8. The van der Waals surface area contributed by atoms with Crippen LogP contribution in [-0.4, -0.2) is 72.5 Å². The molecule has 1 amide bonds. The van der Waals surface area contributed by atoms with Gasteiger partial charge in [0.2, 0.25) is 10.0 Å². The summed E-state index contributed by atoms with van der Waals surface area (Å²) in [5, 5.41) is 0. The molecule has 0 unspecified atom stereocenters. The highest BCUT2D eigenvalue weighted by molar-refractivity contribution is 7.89. The molecule has 2 aromatic carbocycles. The summed E-state index contributed by atoms with van der Waals surface area (Å²) >= 11 is 0. The Labute approximate surface area is 241 Å². The zero-order chi connectivity index (χ0) is 28.8. The molecule has 3 aliphatic heterocycles. The van der Waals surface area contributed by atoms with Crippen molar-refractivity contribution in [2.75, 3.05) is 26.2 Å². The van der Waals surface area contributed by atoms with Crippen LogP contribution in [0.5, 0.6) is 0 Å². The third-order valence-corrected chi connectivity index (χ3v) is 11.5. The molecule has 1 aliphatic carbocycles. The SMILES string of the molecule is Cc1ccc(S(=O)(=O)N2[C@H](c3cccc(F)c3)CCC[C@@H]2C2(OC(=O)N3CCC(N4CCCC4)CC3)CC2)cc1F. The smallest absolute Gasteiger partial charge is 0.410 e. The Morgan fingerprint density at radius 2 is 1.66 bits per heavy atom. The molecule has 0 N–H and O–H groups in total. The van der Waals surface area contributed by atoms with Gasteiger partial charge in [-0.2, -0.15) is 4.31 Å². The van der Waals surface area contributed by atoms with Crippen LogP contribution >= 0.6 is 0 Å².